The molecule has 112 valence electrons. The summed E-state index contributed by atoms with van der Waals surface area (Å²) in [7, 11) is 0. The second-order valence-corrected chi connectivity index (χ2v) is 7.33. The quantitative estimate of drug-likeness (QED) is 0.892. The number of thiophene rings is 1. The highest BCUT2D eigenvalue weighted by Crippen LogP contribution is 2.49. The van der Waals surface area contributed by atoms with Crippen LogP contribution in [0.4, 0.5) is 0 Å². The number of imidazole rings is 1. The van der Waals surface area contributed by atoms with E-state index in [1.165, 1.54) is 9.75 Å². The van der Waals surface area contributed by atoms with Crippen LogP contribution in [0.5, 0.6) is 0 Å². The zero-order chi connectivity index (χ0) is 14.8. The molecule has 2 aromatic heterocycles. The van der Waals surface area contributed by atoms with Gasteiger partial charge < -0.3 is 9.88 Å². The van der Waals surface area contributed by atoms with Crippen molar-refractivity contribution < 1.29 is 4.79 Å². The molecule has 4 nitrogen and oxygen atoms in total. The predicted octanol–water partition coefficient (Wildman–Crippen LogP) is 2.81. The van der Waals surface area contributed by atoms with Gasteiger partial charge in [-0.25, -0.2) is 4.98 Å². The summed E-state index contributed by atoms with van der Waals surface area (Å²) in [6.45, 7) is 5.87. The van der Waals surface area contributed by atoms with Gasteiger partial charge in [0.15, 0.2) is 0 Å². The monoisotopic (exact) mass is 303 g/mol. The van der Waals surface area contributed by atoms with Gasteiger partial charge in [-0.1, -0.05) is 6.92 Å². The van der Waals surface area contributed by atoms with Crippen LogP contribution in [0.15, 0.2) is 30.9 Å². The van der Waals surface area contributed by atoms with Crippen LogP contribution in [0.25, 0.3) is 0 Å². The zero-order valence-corrected chi connectivity index (χ0v) is 13.3. The molecule has 0 aromatic carbocycles. The molecule has 1 saturated carbocycles. The first-order chi connectivity index (χ1) is 10.1. The SMILES string of the molecule is Cc1ccc([C@@H]2C[C@@H]2C(=O)NC[C@@H](C)Cn2ccnc2)s1. The van der Waals surface area contributed by atoms with E-state index in [1.54, 1.807) is 6.20 Å². The summed E-state index contributed by atoms with van der Waals surface area (Å²) >= 11 is 1.82. The Morgan fingerprint density at radius 3 is 3.10 bits per heavy atom. The van der Waals surface area contributed by atoms with Crippen LogP contribution in [0.1, 0.15) is 29.0 Å². The van der Waals surface area contributed by atoms with Crippen LogP contribution >= 0.6 is 11.3 Å². The number of carbonyl (C=O) groups is 1. The molecule has 2 aromatic rings. The lowest BCUT2D eigenvalue weighted by Crippen LogP contribution is -2.31. The van der Waals surface area contributed by atoms with Crippen LogP contribution in [-0.2, 0) is 11.3 Å². The smallest absolute Gasteiger partial charge is 0.223 e. The van der Waals surface area contributed by atoms with Crippen LogP contribution in [0.2, 0.25) is 0 Å². The number of rotatable bonds is 6. The molecule has 3 rings (SSSR count). The number of hydrogen-bond acceptors (Lipinski definition) is 3. The molecular weight excluding hydrogens is 282 g/mol. The predicted molar refractivity (Wildman–Crippen MR) is 84.3 cm³/mol. The number of aromatic nitrogens is 2. The molecule has 21 heavy (non-hydrogen) atoms. The van der Waals surface area contributed by atoms with E-state index in [1.807, 2.05) is 28.4 Å². The molecular formula is C16H21N3OS. The normalized spacial score (nSPS) is 22.0. The van der Waals surface area contributed by atoms with E-state index in [0.717, 1.165) is 19.5 Å². The first-order valence-corrected chi connectivity index (χ1v) is 8.25. The molecule has 0 aliphatic heterocycles. The fourth-order valence-corrected chi connectivity index (χ4v) is 3.73. The Morgan fingerprint density at radius 1 is 1.57 bits per heavy atom. The van der Waals surface area contributed by atoms with Gasteiger partial charge in [-0.15, -0.1) is 11.3 Å². The molecule has 2 heterocycles. The van der Waals surface area contributed by atoms with Crippen molar-refractivity contribution in [1.82, 2.24) is 14.9 Å². The van der Waals surface area contributed by atoms with Crippen molar-refractivity contribution in [1.29, 1.82) is 0 Å². The minimum Gasteiger partial charge on any atom is -0.356 e. The Morgan fingerprint density at radius 2 is 2.43 bits per heavy atom. The molecule has 1 amide bonds. The van der Waals surface area contributed by atoms with Crippen LogP contribution in [0.3, 0.4) is 0 Å². The average molecular weight is 303 g/mol. The van der Waals surface area contributed by atoms with Gasteiger partial charge >= 0.3 is 0 Å². The Hall–Kier alpha value is -1.62. The summed E-state index contributed by atoms with van der Waals surface area (Å²) < 4.78 is 2.05. The number of amides is 1. The molecule has 0 saturated heterocycles. The van der Waals surface area contributed by atoms with E-state index in [0.29, 0.717) is 11.8 Å². The minimum absolute atomic E-state index is 0.184. The van der Waals surface area contributed by atoms with Gasteiger partial charge in [-0.3, -0.25) is 4.79 Å². The van der Waals surface area contributed by atoms with Crippen molar-refractivity contribution >= 4 is 17.2 Å². The molecule has 1 aliphatic carbocycles. The molecule has 0 spiro atoms. The van der Waals surface area contributed by atoms with Crippen molar-refractivity contribution in [2.24, 2.45) is 11.8 Å². The fraction of sp³-hybridized carbons (Fsp3) is 0.500. The summed E-state index contributed by atoms with van der Waals surface area (Å²) in [5, 5.41) is 3.10. The van der Waals surface area contributed by atoms with E-state index in [4.69, 9.17) is 0 Å². The second kappa shape index (κ2) is 6.02. The van der Waals surface area contributed by atoms with Crippen molar-refractivity contribution in [2.75, 3.05) is 6.54 Å². The van der Waals surface area contributed by atoms with Gasteiger partial charge in [0.25, 0.3) is 0 Å². The fourth-order valence-electron chi connectivity index (χ4n) is 2.68. The van der Waals surface area contributed by atoms with E-state index in [9.17, 15) is 4.79 Å². The van der Waals surface area contributed by atoms with Crippen molar-refractivity contribution in [3.63, 3.8) is 0 Å². The number of nitrogens with one attached hydrogen (secondary N) is 1. The summed E-state index contributed by atoms with van der Waals surface area (Å²) in [5.41, 5.74) is 0. The van der Waals surface area contributed by atoms with E-state index < -0.39 is 0 Å². The maximum atomic E-state index is 12.2. The van der Waals surface area contributed by atoms with Gasteiger partial charge in [-0.2, -0.15) is 0 Å². The standard InChI is InChI=1S/C16H21N3OS/c1-11(9-19-6-5-17-10-19)8-18-16(20)14-7-13(14)15-4-3-12(2)21-15/h3-6,10-11,13-14H,7-9H2,1-2H3,(H,18,20)/t11-,13-,14+/m1/s1. The third kappa shape index (κ3) is 3.53. The summed E-state index contributed by atoms with van der Waals surface area (Å²) in [6.07, 6.45) is 6.55. The first kappa shape index (κ1) is 14.3. The number of hydrogen-bond donors (Lipinski definition) is 1. The van der Waals surface area contributed by atoms with E-state index in [-0.39, 0.29) is 11.8 Å². The van der Waals surface area contributed by atoms with E-state index in [2.05, 4.69) is 36.3 Å². The van der Waals surface area contributed by atoms with Crippen molar-refractivity contribution in [2.45, 2.75) is 32.7 Å². The first-order valence-electron chi connectivity index (χ1n) is 7.43. The maximum Gasteiger partial charge on any atom is 0.223 e. The number of aryl methyl sites for hydroxylation is 1. The topological polar surface area (TPSA) is 46.9 Å². The van der Waals surface area contributed by atoms with Crippen LogP contribution in [0, 0.1) is 18.8 Å². The molecule has 1 N–H and O–H groups in total. The highest BCUT2D eigenvalue weighted by molar-refractivity contribution is 7.12. The lowest BCUT2D eigenvalue weighted by Gasteiger charge is -2.13. The summed E-state index contributed by atoms with van der Waals surface area (Å²) in [6, 6.07) is 4.31. The van der Waals surface area contributed by atoms with E-state index >= 15 is 0 Å². The Kier molecular flexibility index (Phi) is 4.10. The Balaban J connectivity index is 1.43. The minimum atomic E-state index is 0.184. The summed E-state index contributed by atoms with van der Waals surface area (Å²) in [5.74, 6) is 1.25. The highest BCUT2D eigenvalue weighted by atomic mass is 32.1. The molecule has 0 unspecified atom stereocenters. The molecule has 0 bridgehead atoms. The van der Waals surface area contributed by atoms with Crippen LogP contribution in [-0.4, -0.2) is 22.0 Å². The third-order valence-electron chi connectivity index (χ3n) is 3.96. The molecule has 5 heteroatoms. The number of nitrogens with zero attached hydrogens (tertiary/aromatic N) is 2. The largest absolute Gasteiger partial charge is 0.356 e. The average Bonchev–Trinajstić information content (AvgIpc) is 2.87. The summed E-state index contributed by atoms with van der Waals surface area (Å²) in [4.78, 5) is 18.9. The van der Waals surface area contributed by atoms with Crippen molar-refractivity contribution in [3.05, 3.63) is 40.6 Å². The van der Waals surface area contributed by atoms with Crippen molar-refractivity contribution in [3.8, 4) is 0 Å². The van der Waals surface area contributed by atoms with Gasteiger partial charge in [0.2, 0.25) is 5.91 Å². The van der Waals surface area contributed by atoms with Gasteiger partial charge in [0.05, 0.1) is 6.33 Å². The van der Waals surface area contributed by atoms with Gasteiger partial charge in [-0.05, 0) is 31.4 Å². The molecule has 1 aliphatic rings. The lowest BCUT2D eigenvalue weighted by atomic mass is 10.1. The molecule has 1 fully saturated rings. The zero-order valence-electron chi connectivity index (χ0n) is 12.5. The second-order valence-electron chi connectivity index (χ2n) is 6.01. The molecule has 3 atom stereocenters. The van der Waals surface area contributed by atoms with Gasteiger partial charge in [0.1, 0.15) is 0 Å². The van der Waals surface area contributed by atoms with Gasteiger partial charge in [0, 0.05) is 47.1 Å². The lowest BCUT2D eigenvalue weighted by molar-refractivity contribution is -0.122. The number of carbonyl (C=O) groups excluding carboxylic acids is 1. The highest BCUT2D eigenvalue weighted by Gasteiger charge is 2.44. The third-order valence-corrected chi connectivity index (χ3v) is 5.09. The Bertz CT molecular complexity index is 605. The van der Waals surface area contributed by atoms with Crippen LogP contribution < -0.4 is 5.32 Å². The molecule has 0 radical (unpaired) electrons. The Labute approximate surface area is 129 Å². The maximum absolute atomic E-state index is 12.2.